The molecule has 0 saturated heterocycles. The van der Waals surface area contributed by atoms with Crippen molar-refractivity contribution in [1.29, 1.82) is 5.26 Å². The molecule has 1 aromatic carbocycles. The highest BCUT2D eigenvalue weighted by molar-refractivity contribution is 5.97. The predicted molar refractivity (Wildman–Crippen MR) is 63.4 cm³/mol. The van der Waals surface area contributed by atoms with E-state index in [-0.39, 0.29) is 31.1 Å². The Morgan fingerprint density at radius 2 is 1.88 bits per heavy atom. The lowest BCUT2D eigenvalue weighted by Crippen LogP contribution is -2.23. The van der Waals surface area contributed by atoms with E-state index in [2.05, 4.69) is 5.32 Å². The standard InChI is InChI=1S/C13H14N2O2/c1-10-2-4-11(5-3-10)12(16)6-7-13(17)15-9-8-14/h2-5H,6-7,9H2,1H3,(H,15,17). The SMILES string of the molecule is Cc1ccc(C(=O)CCC(=O)NCC#N)cc1. The molecule has 0 saturated carbocycles. The Kier molecular flexibility index (Phi) is 4.89. The van der Waals surface area contributed by atoms with Crippen molar-refractivity contribution < 1.29 is 9.59 Å². The van der Waals surface area contributed by atoms with E-state index in [9.17, 15) is 9.59 Å². The van der Waals surface area contributed by atoms with Crippen LogP contribution in [0.1, 0.15) is 28.8 Å². The Balaban J connectivity index is 2.42. The molecular weight excluding hydrogens is 216 g/mol. The third-order valence-electron chi connectivity index (χ3n) is 2.32. The maximum atomic E-state index is 11.7. The minimum absolute atomic E-state index is 0.0163. The van der Waals surface area contributed by atoms with Crippen LogP contribution in [-0.4, -0.2) is 18.2 Å². The van der Waals surface area contributed by atoms with E-state index >= 15 is 0 Å². The maximum Gasteiger partial charge on any atom is 0.221 e. The van der Waals surface area contributed by atoms with Gasteiger partial charge in [-0.2, -0.15) is 5.26 Å². The second-order valence-corrected chi connectivity index (χ2v) is 3.72. The van der Waals surface area contributed by atoms with Crippen molar-refractivity contribution >= 4 is 11.7 Å². The van der Waals surface area contributed by atoms with Crippen LogP contribution in [-0.2, 0) is 4.79 Å². The number of nitrogens with zero attached hydrogens (tertiary/aromatic N) is 1. The molecule has 0 heterocycles. The summed E-state index contributed by atoms with van der Waals surface area (Å²) >= 11 is 0. The van der Waals surface area contributed by atoms with Gasteiger partial charge in [0.1, 0.15) is 6.54 Å². The Morgan fingerprint density at radius 1 is 1.24 bits per heavy atom. The number of carbonyl (C=O) groups is 2. The lowest BCUT2D eigenvalue weighted by molar-refractivity contribution is -0.120. The van der Waals surface area contributed by atoms with Gasteiger partial charge in [0.05, 0.1) is 6.07 Å². The Bertz CT molecular complexity index is 443. The van der Waals surface area contributed by atoms with Gasteiger partial charge in [-0.3, -0.25) is 9.59 Å². The fourth-order valence-electron chi connectivity index (χ4n) is 1.34. The van der Waals surface area contributed by atoms with Crippen molar-refractivity contribution in [3.63, 3.8) is 0 Å². The number of hydrogen-bond acceptors (Lipinski definition) is 3. The highest BCUT2D eigenvalue weighted by Gasteiger charge is 2.08. The number of nitrogens with one attached hydrogen (secondary N) is 1. The molecule has 4 nitrogen and oxygen atoms in total. The third kappa shape index (κ3) is 4.47. The van der Waals surface area contributed by atoms with Gasteiger partial charge in [0.25, 0.3) is 0 Å². The molecule has 17 heavy (non-hydrogen) atoms. The fraction of sp³-hybridized carbons (Fsp3) is 0.308. The first-order chi connectivity index (χ1) is 8.13. The minimum Gasteiger partial charge on any atom is -0.343 e. The fourth-order valence-corrected chi connectivity index (χ4v) is 1.34. The molecule has 0 aliphatic carbocycles. The van der Waals surface area contributed by atoms with Gasteiger partial charge in [0.2, 0.25) is 5.91 Å². The minimum atomic E-state index is -0.271. The second kappa shape index (κ2) is 6.44. The zero-order valence-electron chi connectivity index (χ0n) is 9.69. The van der Waals surface area contributed by atoms with Crippen molar-refractivity contribution in [2.24, 2.45) is 0 Å². The van der Waals surface area contributed by atoms with Crippen molar-refractivity contribution in [1.82, 2.24) is 5.32 Å². The molecule has 0 bridgehead atoms. The molecule has 0 unspecified atom stereocenters. The van der Waals surface area contributed by atoms with Gasteiger partial charge in [-0.15, -0.1) is 0 Å². The second-order valence-electron chi connectivity index (χ2n) is 3.72. The van der Waals surface area contributed by atoms with Crippen LogP contribution in [0, 0.1) is 18.3 Å². The molecule has 0 aromatic heterocycles. The van der Waals surface area contributed by atoms with Crippen LogP contribution < -0.4 is 5.32 Å². The average molecular weight is 230 g/mol. The molecule has 0 aliphatic heterocycles. The topological polar surface area (TPSA) is 70.0 Å². The number of rotatable bonds is 5. The number of aryl methyl sites for hydroxylation is 1. The highest BCUT2D eigenvalue weighted by atomic mass is 16.2. The van der Waals surface area contributed by atoms with Crippen LogP contribution in [0.25, 0.3) is 0 Å². The summed E-state index contributed by atoms with van der Waals surface area (Å²) in [5, 5.41) is 10.7. The summed E-state index contributed by atoms with van der Waals surface area (Å²) in [6.45, 7) is 1.93. The lowest BCUT2D eigenvalue weighted by atomic mass is 10.1. The average Bonchev–Trinajstić information content (AvgIpc) is 2.34. The monoisotopic (exact) mass is 230 g/mol. The number of amides is 1. The number of carbonyl (C=O) groups excluding carboxylic acids is 2. The summed E-state index contributed by atoms with van der Waals surface area (Å²) in [7, 11) is 0. The van der Waals surface area contributed by atoms with Gasteiger partial charge >= 0.3 is 0 Å². The quantitative estimate of drug-likeness (QED) is 0.617. The van der Waals surface area contributed by atoms with Crippen molar-refractivity contribution in [3.8, 4) is 6.07 Å². The molecular formula is C13H14N2O2. The Hall–Kier alpha value is -2.15. The van der Waals surface area contributed by atoms with Gasteiger partial charge in [0.15, 0.2) is 5.78 Å². The number of hydrogen-bond donors (Lipinski definition) is 1. The van der Waals surface area contributed by atoms with Crippen molar-refractivity contribution in [2.75, 3.05) is 6.54 Å². The Morgan fingerprint density at radius 3 is 2.47 bits per heavy atom. The van der Waals surface area contributed by atoms with Gasteiger partial charge in [0, 0.05) is 18.4 Å². The van der Waals surface area contributed by atoms with E-state index < -0.39 is 0 Å². The van der Waals surface area contributed by atoms with Crippen LogP contribution in [0.5, 0.6) is 0 Å². The van der Waals surface area contributed by atoms with Crippen LogP contribution in [0.3, 0.4) is 0 Å². The summed E-state index contributed by atoms with van der Waals surface area (Å²) in [4.78, 5) is 22.9. The number of benzene rings is 1. The highest BCUT2D eigenvalue weighted by Crippen LogP contribution is 2.07. The molecule has 1 rings (SSSR count). The first-order valence-electron chi connectivity index (χ1n) is 5.37. The van der Waals surface area contributed by atoms with Crippen LogP contribution in [0.2, 0.25) is 0 Å². The van der Waals surface area contributed by atoms with Crippen LogP contribution in [0.15, 0.2) is 24.3 Å². The number of ketones is 1. The van der Waals surface area contributed by atoms with Crippen molar-refractivity contribution in [3.05, 3.63) is 35.4 Å². The Labute approximate surface area is 100 Å². The van der Waals surface area contributed by atoms with Gasteiger partial charge in [-0.1, -0.05) is 29.8 Å². The smallest absolute Gasteiger partial charge is 0.221 e. The van der Waals surface area contributed by atoms with Crippen LogP contribution >= 0.6 is 0 Å². The summed E-state index contributed by atoms with van der Waals surface area (Å²) < 4.78 is 0. The van der Waals surface area contributed by atoms with Crippen molar-refractivity contribution in [2.45, 2.75) is 19.8 Å². The van der Waals surface area contributed by atoms with E-state index in [1.165, 1.54) is 0 Å². The molecule has 1 aromatic rings. The normalized spacial score (nSPS) is 9.41. The maximum absolute atomic E-state index is 11.7. The molecule has 1 N–H and O–H groups in total. The van der Waals surface area contributed by atoms with Gasteiger partial charge in [-0.25, -0.2) is 0 Å². The molecule has 4 heteroatoms. The zero-order valence-corrected chi connectivity index (χ0v) is 9.69. The zero-order chi connectivity index (χ0) is 12.7. The van der Waals surface area contributed by atoms with Crippen LogP contribution in [0.4, 0.5) is 0 Å². The van der Waals surface area contributed by atoms with Gasteiger partial charge in [-0.05, 0) is 6.92 Å². The molecule has 0 atom stereocenters. The molecule has 1 amide bonds. The van der Waals surface area contributed by atoms with E-state index in [0.29, 0.717) is 5.56 Å². The number of Topliss-reactive ketones (excluding diaryl/α,β-unsaturated/α-hetero) is 1. The molecule has 0 spiro atoms. The molecule has 0 radical (unpaired) electrons. The first-order valence-corrected chi connectivity index (χ1v) is 5.37. The summed E-state index contributed by atoms with van der Waals surface area (Å²) in [5.41, 5.74) is 1.71. The third-order valence-corrected chi connectivity index (χ3v) is 2.32. The number of nitriles is 1. The molecule has 0 fully saturated rings. The van der Waals surface area contributed by atoms with E-state index in [4.69, 9.17) is 5.26 Å². The van der Waals surface area contributed by atoms with E-state index in [1.807, 2.05) is 25.1 Å². The lowest BCUT2D eigenvalue weighted by Gasteiger charge is -2.02. The molecule has 0 aliphatic rings. The summed E-state index contributed by atoms with van der Waals surface area (Å²) in [5.74, 6) is -0.330. The molecule has 88 valence electrons. The summed E-state index contributed by atoms with van der Waals surface area (Å²) in [6, 6.07) is 9.05. The summed E-state index contributed by atoms with van der Waals surface area (Å²) in [6.07, 6.45) is 0.286. The largest absolute Gasteiger partial charge is 0.343 e. The predicted octanol–water partition coefficient (Wildman–Crippen LogP) is 1.60. The first kappa shape index (κ1) is 12.9. The van der Waals surface area contributed by atoms with E-state index in [0.717, 1.165) is 5.56 Å². The van der Waals surface area contributed by atoms with E-state index in [1.54, 1.807) is 12.1 Å². The van der Waals surface area contributed by atoms with Gasteiger partial charge < -0.3 is 5.32 Å².